The summed E-state index contributed by atoms with van der Waals surface area (Å²) in [6.45, 7) is 2.07. The van der Waals surface area contributed by atoms with Gasteiger partial charge in [0, 0.05) is 8.95 Å². The van der Waals surface area contributed by atoms with Crippen LogP contribution >= 0.6 is 45.3 Å². The summed E-state index contributed by atoms with van der Waals surface area (Å²) in [6.07, 6.45) is 0. The van der Waals surface area contributed by atoms with Gasteiger partial charge in [0.15, 0.2) is 0 Å². The van der Waals surface area contributed by atoms with Gasteiger partial charge in [0.1, 0.15) is 5.00 Å². The summed E-state index contributed by atoms with van der Waals surface area (Å²) in [6, 6.07) is 11.9. The van der Waals surface area contributed by atoms with E-state index in [4.69, 9.17) is 0 Å². The van der Waals surface area contributed by atoms with Crippen molar-refractivity contribution in [3.8, 4) is 0 Å². The Morgan fingerprint density at radius 2 is 2.05 bits per heavy atom. The minimum Gasteiger partial charge on any atom is -0.268 e. The van der Waals surface area contributed by atoms with E-state index in [1.165, 1.54) is 16.9 Å². The van der Waals surface area contributed by atoms with E-state index < -0.39 is 0 Å². The zero-order valence-electron chi connectivity index (χ0n) is 11.2. The standard InChI is InChI=1S/C16H12INOS2/c1-11-4-5-13(9-14(11)17)18(15-3-2-7-21-15)16(19)12-6-8-20-10-12/h2-10H,1H3. The number of carbonyl (C=O) groups excluding carboxylic acids is 1. The molecule has 0 fully saturated rings. The van der Waals surface area contributed by atoms with Gasteiger partial charge in [0.25, 0.3) is 5.91 Å². The molecule has 3 rings (SSSR count). The highest BCUT2D eigenvalue weighted by molar-refractivity contribution is 14.1. The van der Waals surface area contributed by atoms with Crippen LogP contribution in [0.3, 0.4) is 0 Å². The molecule has 5 heteroatoms. The van der Waals surface area contributed by atoms with Crippen molar-refractivity contribution < 1.29 is 4.79 Å². The molecule has 21 heavy (non-hydrogen) atoms. The van der Waals surface area contributed by atoms with Gasteiger partial charge >= 0.3 is 0 Å². The Morgan fingerprint density at radius 3 is 2.67 bits per heavy atom. The third kappa shape index (κ3) is 3.04. The molecule has 2 nitrogen and oxygen atoms in total. The molecule has 0 aliphatic rings. The van der Waals surface area contributed by atoms with Gasteiger partial charge in [-0.2, -0.15) is 11.3 Å². The highest BCUT2D eigenvalue weighted by Crippen LogP contribution is 2.33. The van der Waals surface area contributed by atoms with E-state index >= 15 is 0 Å². The quantitative estimate of drug-likeness (QED) is 0.493. The molecule has 2 heterocycles. The van der Waals surface area contributed by atoms with Crippen molar-refractivity contribution >= 4 is 61.9 Å². The van der Waals surface area contributed by atoms with E-state index in [-0.39, 0.29) is 5.91 Å². The number of hydrogen-bond acceptors (Lipinski definition) is 3. The van der Waals surface area contributed by atoms with Crippen LogP contribution < -0.4 is 4.90 Å². The van der Waals surface area contributed by atoms with Crippen molar-refractivity contribution in [2.24, 2.45) is 0 Å². The van der Waals surface area contributed by atoms with E-state index in [1.54, 1.807) is 16.2 Å². The number of nitrogens with zero attached hydrogens (tertiary/aromatic N) is 1. The maximum Gasteiger partial charge on any atom is 0.264 e. The maximum absolute atomic E-state index is 12.8. The molecule has 0 aliphatic heterocycles. The highest BCUT2D eigenvalue weighted by atomic mass is 127. The number of thiophene rings is 2. The second kappa shape index (κ2) is 6.29. The van der Waals surface area contributed by atoms with Gasteiger partial charge in [-0.25, -0.2) is 0 Å². The first-order valence-electron chi connectivity index (χ1n) is 6.33. The smallest absolute Gasteiger partial charge is 0.264 e. The van der Waals surface area contributed by atoms with Crippen LogP contribution in [0.15, 0.2) is 52.5 Å². The molecule has 0 N–H and O–H groups in total. The Kier molecular flexibility index (Phi) is 4.42. The molecule has 3 aromatic rings. The van der Waals surface area contributed by atoms with Gasteiger partial charge in [-0.05, 0) is 76.2 Å². The second-order valence-electron chi connectivity index (χ2n) is 4.54. The van der Waals surface area contributed by atoms with Crippen LogP contribution in [-0.4, -0.2) is 5.91 Å². The van der Waals surface area contributed by atoms with Crippen molar-refractivity contribution in [3.63, 3.8) is 0 Å². The number of aryl methyl sites for hydroxylation is 1. The molecule has 1 amide bonds. The van der Waals surface area contributed by atoms with Crippen LogP contribution in [0.25, 0.3) is 0 Å². The molecule has 0 spiro atoms. The summed E-state index contributed by atoms with van der Waals surface area (Å²) < 4.78 is 1.16. The molecule has 0 saturated heterocycles. The van der Waals surface area contributed by atoms with E-state index in [0.29, 0.717) is 0 Å². The molecular formula is C16H12INOS2. The Morgan fingerprint density at radius 1 is 1.19 bits per heavy atom. The van der Waals surface area contributed by atoms with Crippen LogP contribution in [0.2, 0.25) is 0 Å². The van der Waals surface area contributed by atoms with Crippen LogP contribution in [0, 0.1) is 10.5 Å². The Hall–Kier alpha value is -1.18. The fourth-order valence-electron chi connectivity index (χ4n) is 1.98. The fraction of sp³-hybridized carbons (Fsp3) is 0.0625. The monoisotopic (exact) mass is 425 g/mol. The predicted molar refractivity (Wildman–Crippen MR) is 99.0 cm³/mol. The first kappa shape index (κ1) is 14.7. The lowest BCUT2D eigenvalue weighted by atomic mass is 10.2. The predicted octanol–water partition coefficient (Wildman–Crippen LogP) is 5.70. The van der Waals surface area contributed by atoms with Crippen LogP contribution in [-0.2, 0) is 0 Å². The number of rotatable bonds is 3. The molecule has 0 radical (unpaired) electrons. The summed E-state index contributed by atoms with van der Waals surface area (Å²) in [5.74, 6) is 0.0124. The average Bonchev–Trinajstić information content (AvgIpc) is 3.15. The third-order valence-corrected chi connectivity index (χ3v) is 5.81. The van der Waals surface area contributed by atoms with Gasteiger partial charge in [-0.3, -0.25) is 9.69 Å². The summed E-state index contributed by atoms with van der Waals surface area (Å²) >= 11 is 5.41. The number of halogens is 1. The minimum atomic E-state index is 0.0124. The van der Waals surface area contributed by atoms with E-state index in [2.05, 4.69) is 41.6 Å². The van der Waals surface area contributed by atoms with Crippen molar-refractivity contribution in [2.45, 2.75) is 6.92 Å². The highest BCUT2D eigenvalue weighted by Gasteiger charge is 2.21. The summed E-state index contributed by atoms with van der Waals surface area (Å²) in [7, 11) is 0. The number of carbonyl (C=O) groups is 1. The fourth-order valence-corrected chi connectivity index (χ4v) is 3.85. The normalized spacial score (nSPS) is 10.6. The van der Waals surface area contributed by atoms with Crippen LogP contribution in [0.5, 0.6) is 0 Å². The van der Waals surface area contributed by atoms with E-state index in [0.717, 1.165) is 19.8 Å². The molecule has 0 aliphatic carbocycles. The summed E-state index contributed by atoms with van der Waals surface area (Å²) in [5, 5.41) is 6.74. The number of hydrogen-bond donors (Lipinski definition) is 0. The van der Waals surface area contributed by atoms with Gasteiger partial charge in [-0.1, -0.05) is 6.07 Å². The Bertz CT molecular complexity index is 751. The van der Waals surface area contributed by atoms with Gasteiger partial charge in [0.2, 0.25) is 0 Å². The number of amides is 1. The molecule has 0 bridgehead atoms. The lowest BCUT2D eigenvalue weighted by Gasteiger charge is -2.21. The topological polar surface area (TPSA) is 20.3 Å². The number of benzene rings is 1. The van der Waals surface area contributed by atoms with Crippen molar-refractivity contribution in [1.82, 2.24) is 0 Å². The maximum atomic E-state index is 12.8. The van der Waals surface area contributed by atoms with E-state index in [1.807, 2.05) is 40.4 Å². The molecule has 1 aromatic carbocycles. The SMILES string of the molecule is Cc1ccc(N(C(=O)c2ccsc2)c2cccs2)cc1I. The Labute approximate surface area is 145 Å². The molecule has 0 saturated carbocycles. The minimum absolute atomic E-state index is 0.0124. The molecule has 2 aromatic heterocycles. The van der Waals surface area contributed by atoms with E-state index in [9.17, 15) is 4.79 Å². The third-order valence-electron chi connectivity index (χ3n) is 3.11. The van der Waals surface area contributed by atoms with Crippen LogP contribution in [0.4, 0.5) is 10.7 Å². The van der Waals surface area contributed by atoms with Gasteiger partial charge in [-0.15, -0.1) is 11.3 Å². The summed E-state index contributed by atoms with van der Waals surface area (Å²) in [5.41, 5.74) is 2.85. The van der Waals surface area contributed by atoms with Gasteiger partial charge < -0.3 is 0 Å². The molecule has 0 atom stereocenters. The lowest BCUT2D eigenvalue weighted by Crippen LogP contribution is -2.24. The lowest BCUT2D eigenvalue weighted by molar-refractivity contribution is 0.1000. The zero-order valence-corrected chi connectivity index (χ0v) is 15.0. The van der Waals surface area contributed by atoms with Crippen molar-refractivity contribution in [1.29, 1.82) is 0 Å². The van der Waals surface area contributed by atoms with Crippen molar-refractivity contribution in [2.75, 3.05) is 4.90 Å². The summed E-state index contributed by atoms with van der Waals surface area (Å²) in [4.78, 5) is 14.6. The molecule has 0 unspecified atom stereocenters. The number of anilines is 2. The largest absolute Gasteiger partial charge is 0.268 e. The second-order valence-corrected chi connectivity index (χ2v) is 7.41. The average molecular weight is 425 g/mol. The first-order chi connectivity index (χ1) is 10.2. The van der Waals surface area contributed by atoms with Gasteiger partial charge in [0.05, 0.1) is 11.3 Å². The molecular weight excluding hydrogens is 413 g/mol. The first-order valence-corrected chi connectivity index (χ1v) is 9.23. The molecule has 106 valence electrons. The van der Waals surface area contributed by atoms with Crippen LogP contribution in [0.1, 0.15) is 15.9 Å². The van der Waals surface area contributed by atoms with Crippen molar-refractivity contribution in [3.05, 3.63) is 67.2 Å². The Balaban J connectivity index is 2.08. The zero-order chi connectivity index (χ0) is 14.8.